The maximum atomic E-state index is 12.8. The van der Waals surface area contributed by atoms with Gasteiger partial charge in [0.15, 0.2) is 0 Å². The molecule has 1 aromatic carbocycles. The van der Waals surface area contributed by atoms with Crippen molar-refractivity contribution < 1.29 is 23.1 Å². The number of likely N-dealkylation sites (tertiary alicyclic amines) is 1. The van der Waals surface area contributed by atoms with Crippen LogP contribution in [-0.2, 0) is 11.0 Å². The number of carboxylic acid groups (broad SMARTS) is 1. The normalized spacial score (nSPS) is 18.2. The van der Waals surface area contributed by atoms with Gasteiger partial charge >= 0.3 is 12.1 Å². The van der Waals surface area contributed by atoms with Gasteiger partial charge in [0.2, 0.25) is 0 Å². The van der Waals surface area contributed by atoms with E-state index in [1.165, 1.54) is 0 Å². The van der Waals surface area contributed by atoms with E-state index in [-0.39, 0.29) is 18.4 Å². The molecule has 1 aliphatic rings. The fraction of sp³-hybridized carbons (Fsp3) is 0.650. The van der Waals surface area contributed by atoms with Crippen molar-refractivity contribution in [2.24, 2.45) is 11.8 Å². The number of rotatable bonds is 7. The number of alkyl halides is 3. The third-order valence-corrected chi connectivity index (χ3v) is 5.19. The number of aliphatic carboxylic acids is 1. The number of hydrogen-bond acceptors (Lipinski definition) is 2. The van der Waals surface area contributed by atoms with Crippen LogP contribution in [0, 0.1) is 11.8 Å². The van der Waals surface area contributed by atoms with E-state index in [0.717, 1.165) is 56.5 Å². The summed E-state index contributed by atoms with van der Waals surface area (Å²) in [5, 5.41) is 8.95. The number of carbonyl (C=O) groups is 1. The fourth-order valence-corrected chi connectivity index (χ4v) is 3.66. The first-order valence-corrected chi connectivity index (χ1v) is 9.29. The zero-order valence-corrected chi connectivity index (χ0v) is 15.4. The van der Waals surface area contributed by atoms with Gasteiger partial charge in [-0.3, -0.25) is 9.69 Å². The molecule has 1 atom stereocenters. The Morgan fingerprint density at radius 3 is 2.19 bits per heavy atom. The second kappa shape index (κ2) is 8.89. The minimum atomic E-state index is -4.32. The Kier molecular flexibility index (Phi) is 7.09. The van der Waals surface area contributed by atoms with Gasteiger partial charge in [0.1, 0.15) is 0 Å². The largest absolute Gasteiger partial charge is 0.481 e. The van der Waals surface area contributed by atoms with Crippen molar-refractivity contribution >= 4 is 5.97 Å². The highest BCUT2D eigenvalue weighted by Gasteiger charge is 2.31. The second-order valence-corrected chi connectivity index (χ2v) is 7.68. The van der Waals surface area contributed by atoms with Gasteiger partial charge in [0, 0.05) is 12.5 Å². The highest BCUT2D eigenvalue weighted by molar-refractivity contribution is 5.67. The monoisotopic (exact) mass is 371 g/mol. The van der Waals surface area contributed by atoms with E-state index in [0.29, 0.717) is 5.92 Å². The second-order valence-electron chi connectivity index (χ2n) is 7.68. The molecule has 146 valence electrons. The minimum absolute atomic E-state index is 0.0884. The maximum Gasteiger partial charge on any atom is 0.416 e. The van der Waals surface area contributed by atoms with Crippen molar-refractivity contribution in [3.05, 3.63) is 35.4 Å². The molecule has 1 aliphatic heterocycles. The molecule has 1 heterocycles. The third-order valence-electron chi connectivity index (χ3n) is 5.19. The Morgan fingerprint density at radius 2 is 1.73 bits per heavy atom. The molecule has 26 heavy (non-hydrogen) atoms. The summed E-state index contributed by atoms with van der Waals surface area (Å²) in [5.74, 6) is -0.0406. The molecule has 1 aromatic rings. The SMILES string of the molecule is CC(C)CC[C@H](c1ccc(C(F)(F)F)cc1)N1CCC(CC(=O)O)CC1. The summed E-state index contributed by atoms with van der Waals surface area (Å²) >= 11 is 0. The third kappa shape index (κ3) is 6.01. The van der Waals surface area contributed by atoms with Gasteiger partial charge in [-0.2, -0.15) is 13.2 Å². The molecular weight excluding hydrogens is 343 g/mol. The molecule has 0 unspecified atom stereocenters. The molecule has 1 saturated heterocycles. The van der Waals surface area contributed by atoms with Crippen LogP contribution < -0.4 is 0 Å². The highest BCUT2D eigenvalue weighted by atomic mass is 19.4. The topological polar surface area (TPSA) is 40.5 Å². The summed E-state index contributed by atoms with van der Waals surface area (Å²) in [5.41, 5.74) is 0.291. The summed E-state index contributed by atoms with van der Waals surface area (Å²) in [4.78, 5) is 13.2. The molecule has 0 saturated carbocycles. The van der Waals surface area contributed by atoms with Gasteiger partial charge in [0.05, 0.1) is 5.56 Å². The molecule has 2 rings (SSSR count). The maximum absolute atomic E-state index is 12.8. The van der Waals surface area contributed by atoms with Crippen LogP contribution in [0.3, 0.4) is 0 Å². The molecule has 6 heteroatoms. The van der Waals surface area contributed by atoms with Gasteiger partial charge < -0.3 is 5.11 Å². The number of piperidine rings is 1. The summed E-state index contributed by atoms with van der Waals surface area (Å²) in [6, 6.07) is 5.60. The average molecular weight is 371 g/mol. The number of hydrogen-bond donors (Lipinski definition) is 1. The van der Waals surface area contributed by atoms with E-state index in [1.54, 1.807) is 12.1 Å². The molecule has 0 aromatic heterocycles. The Balaban J connectivity index is 2.10. The molecule has 0 radical (unpaired) electrons. The van der Waals surface area contributed by atoms with Gasteiger partial charge in [-0.25, -0.2) is 0 Å². The number of benzene rings is 1. The zero-order valence-electron chi connectivity index (χ0n) is 15.4. The Morgan fingerprint density at radius 1 is 1.15 bits per heavy atom. The van der Waals surface area contributed by atoms with E-state index in [9.17, 15) is 18.0 Å². The summed E-state index contributed by atoms with van der Waals surface area (Å²) in [6.45, 7) is 5.87. The van der Waals surface area contributed by atoms with E-state index in [2.05, 4.69) is 18.7 Å². The van der Waals surface area contributed by atoms with Crippen LogP contribution in [0.25, 0.3) is 0 Å². The zero-order chi connectivity index (χ0) is 19.3. The van der Waals surface area contributed by atoms with Crippen LogP contribution in [0.15, 0.2) is 24.3 Å². The smallest absolute Gasteiger partial charge is 0.416 e. The lowest BCUT2D eigenvalue weighted by molar-refractivity contribution is -0.139. The summed E-state index contributed by atoms with van der Waals surface area (Å²) in [6.07, 6.45) is -0.574. The van der Waals surface area contributed by atoms with Crippen molar-refractivity contribution in [2.45, 2.75) is 58.2 Å². The molecule has 0 amide bonds. The lowest BCUT2D eigenvalue weighted by Crippen LogP contribution is -2.37. The lowest BCUT2D eigenvalue weighted by Gasteiger charge is -2.38. The van der Waals surface area contributed by atoms with Crippen LogP contribution in [-0.4, -0.2) is 29.1 Å². The molecule has 0 aliphatic carbocycles. The first kappa shape index (κ1) is 20.7. The molecular formula is C20H28F3NO2. The molecule has 3 nitrogen and oxygen atoms in total. The average Bonchev–Trinajstić information content (AvgIpc) is 2.55. The van der Waals surface area contributed by atoms with Gasteiger partial charge in [0.25, 0.3) is 0 Å². The number of carboxylic acids is 1. The minimum Gasteiger partial charge on any atom is -0.481 e. The Hall–Kier alpha value is -1.56. The van der Waals surface area contributed by atoms with E-state index in [1.807, 2.05) is 0 Å². The lowest BCUT2D eigenvalue weighted by atomic mass is 9.89. The van der Waals surface area contributed by atoms with Crippen LogP contribution in [0.2, 0.25) is 0 Å². The van der Waals surface area contributed by atoms with Crippen molar-refractivity contribution in [2.75, 3.05) is 13.1 Å². The van der Waals surface area contributed by atoms with Crippen molar-refractivity contribution in [3.63, 3.8) is 0 Å². The van der Waals surface area contributed by atoms with Gasteiger partial charge in [-0.1, -0.05) is 26.0 Å². The first-order chi connectivity index (χ1) is 12.2. The summed E-state index contributed by atoms with van der Waals surface area (Å²) < 4.78 is 38.5. The van der Waals surface area contributed by atoms with E-state index in [4.69, 9.17) is 5.11 Å². The predicted molar refractivity (Wildman–Crippen MR) is 94.8 cm³/mol. The Labute approximate surface area is 153 Å². The standard InChI is InChI=1S/C20H28F3NO2/c1-14(2)3-8-18(16-4-6-17(7-5-16)20(21,22)23)24-11-9-15(10-12-24)13-19(25)26/h4-7,14-15,18H,3,8-13H2,1-2H3,(H,25,26)/t18-/m1/s1. The van der Waals surface area contributed by atoms with Crippen molar-refractivity contribution in [1.82, 2.24) is 4.90 Å². The molecule has 1 N–H and O–H groups in total. The van der Waals surface area contributed by atoms with Gasteiger partial charge in [-0.05, 0) is 68.3 Å². The van der Waals surface area contributed by atoms with Gasteiger partial charge in [-0.15, -0.1) is 0 Å². The first-order valence-electron chi connectivity index (χ1n) is 9.29. The quantitative estimate of drug-likeness (QED) is 0.700. The molecule has 0 spiro atoms. The van der Waals surface area contributed by atoms with Crippen LogP contribution in [0.5, 0.6) is 0 Å². The molecule has 1 fully saturated rings. The predicted octanol–water partition coefficient (Wildman–Crippen LogP) is 5.37. The van der Waals surface area contributed by atoms with E-state index < -0.39 is 17.7 Å². The number of nitrogens with zero attached hydrogens (tertiary/aromatic N) is 1. The van der Waals surface area contributed by atoms with Crippen LogP contribution in [0.4, 0.5) is 13.2 Å². The van der Waals surface area contributed by atoms with Crippen LogP contribution >= 0.6 is 0 Å². The number of halogens is 3. The fourth-order valence-electron chi connectivity index (χ4n) is 3.66. The summed E-state index contributed by atoms with van der Waals surface area (Å²) in [7, 11) is 0. The Bertz CT molecular complexity index is 576. The highest BCUT2D eigenvalue weighted by Crippen LogP contribution is 2.34. The van der Waals surface area contributed by atoms with Crippen molar-refractivity contribution in [3.8, 4) is 0 Å². The van der Waals surface area contributed by atoms with Crippen molar-refractivity contribution in [1.29, 1.82) is 0 Å². The van der Waals surface area contributed by atoms with E-state index >= 15 is 0 Å². The molecule has 0 bridgehead atoms. The van der Waals surface area contributed by atoms with Crippen LogP contribution in [0.1, 0.15) is 63.1 Å².